The van der Waals surface area contributed by atoms with Crippen LogP contribution in [-0.2, 0) is 0 Å². The van der Waals surface area contributed by atoms with Crippen molar-refractivity contribution in [1.82, 2.24) is 0 Å². The Kier molecular flexibility index (Phi) is 6.90. The molecule has 0 saturated carbocycles. The average molecular weight is 522 g/mol. The number of benzene rings is 1. The fourth-order valence-corrected chi connectivity index (χ4v) is 6.59. The molecule has 2 rings (SSSR count). The largest absolute Gasteiger partial charge is 0 e. The topological polar surface area (TPSA) is 12.0 Å². The van der Waals surface area contributed by atoms with Gasteiger partial charge in [0.1, 0.15) is 0 Å². The molecule has 0 fully saturated rings. The quantitative estimate of drug-likeness (QED) is 0.453. The minimum Gasteiger partial charge on any atom is 0 e. The molecule has 0 aromatic heterocycles. The average Bonchev–Trinajstić information content (AvgIpc) is 2.45. The predicted octanol–water partition coefficient (Wildman–Crippen LogP) is -0.508. The van der Waals surface area contributed by atoms with Gasteiger partial charge in [0.2, 0.25) is 0 Å². The van der Waals surface area contributed by atoms with E-state index in [-0.39, 0.29) is 61.2 Å². The van der Waals surface area contributed by atoms with Crippen LogP contribution in [0.15, 0.2) is 12.1 Å². The summed E-state index contributed by atoms with van der Waals surface area (Å²) in [5, 5.41) is 0. The number of halogens is 2. The maximum Gasteiger partial charge on any atom is 0 e. The van der Waals surface area contributed by atoms with Crippen LogP contribution in [0.1, 0.15) is 0 Å². The maximum atomic E-state index is 12.9. The van der Waals surface area contributed by atoms with Crippen LogP contribution in [0, 0.1) is 11.6 Å². The molecule has 1 aliphatic heterocycles. The van der Waals surface area contributed by atoms with Crippen molar-refractivity contribution < 1.29 is 8.78 Å². The number of anilines is 1. The molecule has 1 heterocycles. The van der Waals surface area contributed by atoms with E-state index in [1.54, 1.807) is 6.07 Å². The second-order valence-corrected chi connectivity index (χ2v) is 7.69. The van der Waals surface area contributed by atoms with Gasteiger partial charge in [-0.25, -0.2) is 0 Å². The number of hydrogen-bond donors (Lipinski definition) is 1. The van der Waals surface area contributed by atoms with Crippen molar-refractivity contribution in [2.75, 3.05) is 4.33 Å². The van der Waals surface area contributed by atoms with Gasteiger partial charge in [0.25, 0.3) is 0 Å². The minimum absolute atomic E-state index is 0. The Hall–Kier alpha value is 1.52. The second kappa shape index (κ2) is 6.18. The smallest absolute Gasteiger partial charge is 0 e. The van der Waals surface area contributed by atoms with E-state index < -0.39 is 11.6 Å². The summed E-state index contributed by atoms with van der Waals surface area (Å²) in [6.45, 7) is 0. The molecule has 8 radical (unpaired) electrons. The van der Waals surface area contributed by atoms with E-state index in [0.29, 0.717) is 18.8 Å². The standard InChI is InChI=1S/C6H3F2NSe2.2Sn/c7-3-1-2-4-6(5(3)8)9-11-10-4;;/h1-2,9H;;. The third-order valence-electron chi connectivity index (χ3n) is 1.33. The summed E-state index contributed by atoms with van der Waals surface area (Å²) in [7, 11) is 0. The molecule has 0 atom stereocenters. The van der Waals surface area contributed by atoms with Gasteiger partial charge in [0, 0.05) is 47.8 Å². The number of hydrogen-bond acceptors (Lipinski definition) is 1. The number of fused-ring (bicyclic) bond motifs is 1. The third kappa shape index (κ3) is 2.98. The van der Waals surface area contributed by atoms with Gasteiger partial charge >= 0.3 is 73.5 Å². The summed E-state index contributed by atoms with van der Waals surface area (Å²) in [5.74, 6) is -1.48. The van der Waals surface area contributed by atoms with E-state index in [2.05, 4.69) is 4.33 Å². The van der Waals surface area contributed by atoms with Crippen molar-refractivity contribution in [3.63, 3.8) is 0 Å². The number of rotatable bonds is 0. The van der Waals surface area contributed by atoms with E-state index in [9.17, 15) is 8.78 Å². The molecule has 1 nitrogen and oxygen atoms in total. The molecule has 1 N–H and O–H groups in total. The Labute approximate surface area is 120 Å². The molecule has 0 unspecified atom stereocenters. The molecule has 1 aliphatic rings. The second-order valence-electron chi connectivity index (χ2n) is 2.00. The van der Waals surface area contributed by atoms with Crippen LogP contribution >= 0.6 is 0 Å². The van der Waals surface area contributed by atoms with E-state index >= 15 is 0 Å². The molecule has 7 heteroatoms. The Bertz CT molecular complexity index is 311. The van der Waals surface area contributed by atoms with E-state index in [1.165, 1.54) is 6.07 Å². The maximum absolute atomic E-state index is 12.9. The minimum atomic E-state index is -0.759. The normalized spacial score (nSPS) is 12.2. The Balaban J connectivity index is 0.000000720. The Morgan fingerprint density at radius 2 is 1.85 bits per heavy atom. The molecular weight excluding hydrogens is 519 g/mol. The van der Waals surface area contributed by atoms with Crippen molar-refractivity contribution >= 4 is 84.4 Å². The van der Waals surface area contributed by atoms with Crippen molar-refractivity contribution in [2.24, 2.45) is 0 Å². The van der Waals surface area contributed by atoms with Crippen molar-refractivity contribution in [3.05, 3.63) is 23.8 Å². The van der Waals surface area contributed by atoms with Gasteiger partial charge in [-0.3, -0.25) is 0 Å². The molecule has 0 saturated heterocycles. The summed E-state index contributed by atoms with van der Waals surface area (Å²) in [5.41, 5.74) is 0.394. The van der Waals surface area contributed by atoms with Gasteiger partial charge in [0.05, 0.1) is 0 Å². The first kappa shape index (κ1) is 14.5. The molecule has 0 aliphatic carbocycles. The van der Waals surface area contributed by atoms with Crippen LogP contribution in [0.3, 0.4) is 0 Å². The van der Waals surface area contributed by atoms with Gasteiger partial charge < -0.3 is 0 Å². The van der Waals surface area contributed by atoms with Gasteiger partial charge in [-0.15, -0.1) is 0 Å². The van der Waals surface area contributed by atoms with Gasteiger partial charge in [-0.05, 0) is 0 Å². The van der Waals surface area contributed by atoms with Crippen LogP contribution in [-0.4, -0.2) is 74.3 Å². The van der Waals surface area contributed by atoms with Gasteiger partial charge in [-0.1, -0.05) is 0 Å². The molecule has 66 valence electrons. The van der Waals surface area contributed by atoms with Crippen LogP contribution in [0.4, 0.5) is 14.5 Å². The van der Waals surface area contributed by atoms with Crippen LogP contribution < -0.4 is 8.79 Å². The van der Waals surface area contributed by atoms with E-state index in [1.807, 2.05) is 0 Å². The first-order valence-corrected chi connectivity index (χ1v) is 8.91. The fraction of sp³-hybridized carbons (Fsp3) is 0. The summed E-state index contributed by atoms with van der Waals surface area (Å²) < 4.78 is 29.3. The summed E-state index contributed by atoms with van der Waals surface area (Å²) in [4.78, 5) is 0. The van der Waals surface area contributed by atoms with Crippen molar-refractivity contribution in [1.29, 1.82) is 0 Å². The van der Waals surface area contributed by atoms with Crippen LogP contribution in [0.2, 0.25) is 0 Å². The zero-order chi connectivity index (χ0) is 7.84. The summed E-state index contributed by atoms with van der Waals surface area (Å²) >= 11 is 0.598. The third-order valence-corrected chi connectivity index (χ3v) is 6.97. The zero-order valence-electron chi connectivity index (χ0n) is 6.23. The van der Waals surface area contributed by atoms with E-state index in [0.717, 1.165) is 4.46 Å². The van der Waals surface area contributed by atoms with Crippen LogP contribution in [0.5, 0.6) is 0 Å². The van der Waals surface area contributed by atoms with Crippen LogP contribution in [0.25, 0.3) is 0 Å². The van der Waals surface area contributed by atoms with Crippen molar-refractivity contribution in [3.8, 4) is 0 Å². The molecular formula is C6H3F2NSe2Sn2. The first-order valence-electron chi connectivity index (χ1n) is 2.86. The number of nitrogens with one attached hydrogen (secondary N) is 1. The summed E-state index contributed by atoms with van der Waals surface area (Å²) in [6, 6.07) is 2.86. The monoisotopic (exact) mass is 527 g/mol. The summed E-state index contributed by atoms with van der Waals surface area (Å²) in [6.07, 6.45) is 0. The molecule has 13 heavy (non-hydrogen) atoms. The fourth-order valence-electron chi connectivity index (χ4n) is 0.805. The van der Waals surface area contributed by atoms with Gasteiger partial charge in [0.15, 0.2) is 0 Å². The molecule has 0 amide bonds. The van der Waals surface area contributed by atoms with E-state index in [4.69, 9.17) is 0 Å². The zero-order valence-corrected chi connectivity index (χ0v) is 15.4. The predicted molar refractivity (Wildman–Crippen MR) is 52.6 cm³/mol. The Morgan fingerprint density at radius 1 is 1.15 bits per heavy atom. The van der Waals surface area contributed by atoms with Gasteiger partial charge in [-0.2, -0.15) is 0 Å². The first-order chi connectivity index (χ1) is 5.29. The molecule has 1 aromatic rings. The van der Waals surface area contributed by atoms with Crippen molar-refractivity contribution in [2.45, 2.75) is 0 Å². The molecule has 1 aromatic carbocycles. The molecule has 0 bridgehead atoms. The molecule has 0 spiro atoms. The Morgan fingerprint density at radius 3 is 2.54 bits per heavy atom. The SMILES string of the molecule is Fc1ccc2c(c1F)N[Se][Se]2.[Sn].[Sn].